The average molecular weight is 383 g/mol. The van der Waals surface area contributed by atoms with Gasteiger partial charge in [0.15, 0.2) is 5.82 Å². The number of rotatable bonds is 4. The van der Waals surface area contributed by atoms with E-state index in [0.29, 0.717) is 18.1 Å². The van der Waals surface area contributed by atoms with Crippen molar-refractivity contribution in [3.63, 3.8) is 0 Å². The highest BCUT2D eigenvalue weighted by atomic mass is 127. The normalized spacial score (nSPS) is 9.95. The highest BCUT2D eigenvalue weighted by molar-refractivity contribution is 14.1. The fourth-order valence-corrected chi connectivity index (χ4v) is 2.13. The minimum absolute atomic E-state index is 0.160. The summed E-state index contributed by atoms with van der Waals surface area (Å²) in [6.07, 6.45) is 0. The maximum atomic E-state index is 12.3. The van der Waals surface area contributed by atoms with Crippen LogP contribution in [0.5, 0.6) is 5.75 Å². The molecule has 0 aliphatic rings. The molecule has 1 aromatic carbocycles. The molecule has 0 radical (unpaired) electrons. The van der Waals surface area contributed by atoms with E-state index < -0.39 is 0 Å². The van der Waals surface area contributed by atoms with E-state index in [1.807, 2.05) is 53.8 Å². The lowest BCUT2D eigenvalue weighted by molar-refractivity contribution is 0.416. The van der Waals surface area contributed by atoms with Crippen molar-refractivity contribution in [1.82, 2.24) is 14.3 Å². The zero-order chi connectivity index (χ0) is 14.5. The van der Waals surface area contributed by atoms with Crippen LogP contribution in [0.1, 0.15) is 6.92 Å². The highest BCUT2D eigenvalue weighted by Crippen LogP contribution is 2.27. The van der Waals surface area contributed by atoms with Gasteiger partial charge in [-0.3, -0.25) is 4.57 Å². The van der Waals surface area contributed by atoms with Crippen LogP contribution in [0.25, 0.3) is 11.4 Å². The second-order valence-corrected chi connectivity index (χ2v) is 4.52. The number of ether oxygens (including phenoxy) is 1. The summed E-state index contributed by atoms with van der Waals surface area (Å²) >= 11 is 1.94. The first-order valence-electron chi connectivity index (χ1n) is 6.12. The summed E-state index contributed by atoms with van der Waals surface area (Å²) in [5.74, 6) is 4.14. The fraction of sp³-hybridized carbons (Fsp3) is 0.286. The van der Waals surface area contributed by atoms with Gasteiger partial charge in [-0.05, 0) is 23.0 Å². The molecule has 0 saturated heterocycles. The number of nitrogens with zero attached hydrogens (tertiary/aromatic N) is 3. The maximum absolute atomic E-state index is 12.3. The van der Waals surface area contributed by atoms with Crippen molar-refractivity contribution in [2.45, 2.75) is 20.0 Å². The van der Waals surface area contributed by atoms with Crippen LogP contribution in [0.4, 0.5) is 0 Å². The van der Waals surface area contributed by atoms with Gasteiger partial charge in [0.2, 0.25) is 0 Å². The molecule has 2 aromatic rings. The Morgan fingerprint density at radius 3 is 2.80 bits per heavy atom. The molecule has 6 heteroatoms. The first kappa shape index (κ1) is 14.7. The Hall–Kier alpha value is -1.75. The Morgan fingerprint density at radius 2 is 2.15 bits per heavy atom. The molecule has 0 aliphatic heterocycles. The minimum Gasteiger partial charge on any atom is -0.496 e. The molecule has 0 aliphatic carbocycles. The van der Waals surface area contributed by atoms with Gasteiger partial charge < -0.3 is 4.74 Å². The minimum atomic E-state index is -0.160. The number of halogens is 1. The van der Waals surface area contributed by atoms with Gasteiger partial charge in [0.25, 0.3) is 0 Å². The van der Waals surface area contributed by atoms with Crippen LogP contribution in [-0.4, -0.2) is 21.5 Å². The molecule has 0 bridgehead atoms. The molecule has 1 heterocycles. The van der Waals surface area contributed by atoms with E-state index in [-0.39, 0.29) is 12.2 Å². The van der Waals surface area contributed by atoms with Crippen LogP contribution in [0.15, 0.2) is 29.1 Å². The maximum Gasteiger partial charge on any atom is 0.347 e. The van der Waals surface area contributed by atoms with Crippen molar-refractivity contribution >= 4 is 22.6 Å². The van der Waals surface area contributed by atoms with Crippen molar-refractivity contribution in [2.75, 3.05) is 7.11 Å². The molecule has 0 spiro atoms. The second kappa shape index (κ2) is 6.61. The molecule has 0 atom stereocenters. The lowest BCUT2D eigenvalue weighted by Crippen LogP contribution is -2.24. The van der Waals surface area contributed by atoms with Crippen molar-refractivity contribution in [1.29, 1.82) is 0 Å². The summed E-state index contributed by atoms with van der Waals surface area (Å²) in [6.45, 7) is 2.75. The Morgan fingerprint density at radius 1 is 1.40 bits per heavy atom. The standard InChI is InChI=1S/C14H14IN3O2/c1-3-17-13(11-7-4-5-8-12(11)20-2)16-18(14(17)19)10-6-9-15/h4-5,7-8H,3,10H2,1-2H3. The summed E-state index contributed by atoms with van der Waals surface area (Å²) in [7, 11) is 1.60. The molecule has 0 N–H and O–H groups in total. The largest absolute Gasteiger partial charge is 0.496 e. The molecule has 0 unspecified atom stereocenters. The SMILES string of the molecule is CCn1c(-c2ccccc2OC)nn(CC#CI)c1=O. The Bertz CT molecular complexity index is 722. The number of para-hydroxylation sites is 1. The summed E-state index contributed by atoms with van der Waals surface area (Å²) < 4.78 is 11.1. The molecule has 1 aromatic heterocycles. The molecule has 104 valence electrons. The molecular formula is C14H14IN3O2. The van der Waals surface area contributed by atoms with E-state index in [1.165, 1.54) is 4.68 Å². The van der Waals surface area contributed by atoms with Crippen LogP contribution >= 0.6 is 22.6 Å². The van der Waals surface area contributed by atoms with Crippen molar-refractivity contribution < 1.29 is 4.74 Å². The quantitative estimate of drug-likeness (QED) is 0.601. The Kier molecular flexibility index (Phi) is 4.84. The van der Waals surface area contributed by atoms with Crippen LogP contribution in [0.2, 0.25) is 0 Å². The summed E-state index contributed by atoms with van der Waals surface area (Å²) in [5, 5.41) is 4.38. The van der Waals surface area contributed by atoms with E-state index in [0.717, 1.165) is 5.56 Å². The molecular weight excluding hydrogens is 369 g/mol. The first-order valence-corrected chi connectivity index (χ1v) is 7.20. The third kappa shape index (κ3) is 2.72. The summed E-state index contributed by atoms with van der Waals surface area (Å²) in [6, 6.07) is 7.52. The van der Waals surface area contributed by atoms with Gasteiger partial charge in [0, 0.05) is 29.1 Å². The van der Waals surface area contributed by atoms with Crippen molar-refractivity contribution in [3.05, 3.63) is 34.7 Å². The van der Waals surface area contributed by atoms with Gasteiger partial charge in [-0.15, -0.1) is 5.10 Å². The van der Waals surface area contributed by atoms with Gasteiger partial charge in [-0.25, -0.2) is 9.48 Å². The molecule has 5 nitrogen and oxygen atoms in total. The van der Waals surface area contributed by atoms with Crippen molar-refractivity contribution in [3.8, 4) is 27.0 Å². The fourth-order valence-electron chi connectivity index (χ4n) is 1.96. The number of hydrogen-bond donors (Lipinski definition) is 0. The predicted molar refractivity (Wildman–Crippen MR) is 85.9 cm³/mol. The summed E-state index contributed by atoms with van der Waals surface area (Å²) in [5.41, 5.74) is 0.641. The predicted octanol–water partition coefficient (Wildman–Crippen LogP) is 2.14. The topological polar surface area (TPSA) is 49.0 Å². The monoisotopic (exact) mass is 383 g/mol. The second-order valence-electron chi connectivity index (χ2n) is 3.98. The van der Waals surface area contributed by atoms with Gasteiger partial charge in [-0.1, -0.05) is 18.1 Å². The van der Waals surface area contributed by atoms with Crippen LogP contribution in [-0.2, 0) is 13.1 Å². The van der Waals surface area contributed by atoms with E-state index in [1.54, 1.807) is 11.7 Å². The number of methoxy groups -OCH3 is 1. The molecule has 0 fully saturated rings. The zero-order valence-corrected chi connectivity index (χ0v) is 13.4. The van der Waals surface area contributed by atoms with E-state index in [9.17, 15) is 4.79 Å². The van der Waals surface area contributed by atoms with Crippen molar-refractivity contribution in [2.24, 2.45) is 0 Å². The lowest BCUT2D eigenvalue weighted by Gasteiger charge is -2.07. The first-order chi connectivity index (χ1) is 9.72. The Balaban J connectivity index is 2.61. The number of hydrogen-bond acceptors (Lipinski definition) is 3. The molecule has 0 amide bonds. The van der Waals surface area contributed by atoms with E-state index >= 15 is 0 Å². The van der Waals surface area contributed by atoms with Crippen LogP contribution in [0, 0.1) is 9.85 Å². The van der Waals surface area contributed by atoms with Crippen LogP contribution < -0.4 is 10.4 Å². The molecule has 20 heavy (non-hydrogen) atoms. The summed E-state index contributed by atoms with van der Waals surface area (Å²) in [4.78, 5) is 12.3. The lowest BCUT2D eigenvalue weighted by atomic mass is 10.2. The average Bonchev–Trinajstić information content (AvgIpc) is 2.81. The van der Waals surface area contributed by atoms with Gasteiger partial charge in [0.1, 0.15) is 12.3 Å². The third-order valence-electron chi connectivity index (χ3n) is 2.88. The smallest absolute Gasteiger partial charge is 0.347 e. The highest BCUT2D eigenvalue weighted by Gasteiger charge is 2.16. The third-order valence-corrected chi connectivity index (χ3v) is 3.26. The molecule has 2 rings (SSSR count). The van der Waals surface area contributed by atoms with E-state index in [2.05, 4.69) is 14.9 Å². The number of benzene rings is 1. The van der Waals surface area contributed by atoms with Gasteiger partial charge in [-0.2, -0.15) is 0 Å². The van der Waals surface area contributed by atoms with Gasteiger partial charge >= 0.3 is 5.69 Å². The van der Waals surface area contributed by atoms with Crippen LogP contribution in [0.3, 0.4) is 0 Å². The zero-order valence-electron chi connectivity index (χ0n) is 11.3. The van der Waals surface area contributed by atoms with E-state index in [4.69, 9.17) is 4.74 Å². The Labute approximate surface area is 130 Å². The number of aromatic nitrogens is 3. The van der Waals surface area contributed by atoms with Gasteiger partial charge in [0.05, 0.1) is 12.7 Å². The molecule has 0 saturated carbocycles.